The second-order valence-corrected chi connectivity index (χ2v) is 7.09. The highest BCUT2D eigenvalue weighted by Crippen LogP contribution is 2.25. The van der Waals surface area contributed by atoms with Crippen LogP contribution in [0.1, 0.15) is 13.3 Å². The zero-order valence-electron chi connectivity index (χ0n) is 11.2. The van der Waals surface area contributed by atoms with E-state index in [1.165, 1.54) is 6.07 Å². The number of halogens is 2. The summed E-state index contributed by atoms with van der Waals surface area (Å²) in [7, 11) is -3.42. The van der Waals surface area contributed by atoms with E-state index in [0.29, 0.717) is 22.2 Å². The molecule has 0 aliphatic carbocycles. The maximum Gasteiger partial charge on any atom is 0.239 e. The summed E-state index contributed by atoms with van der Waals surface area (Å²) in [5.74, 6) is -0.465. The maximum absolute atomic E-state index is 11.9. The zero-order valence-corrected chi connectivity index (χ0v) is 13.5. The number of benzene rings is 1. The number of sulfonamides is 1. The van der Waals surface area contributed by atoms with Gasteiger partial charge in [-0.3, -0.25) is 4.79 Å². The molecule has 0 saturated carbocycles. The Morgan fingerprint density at radius 1 is 1.35 bits per heavy atom. The monoisotopic (exact) mass is 338 g/mol. The Morgan fingerprint density at radius 3 is 2.55 bits per heavy atom. The van der Waals surface area contributed by atoms with Gasteiger partial charge in [0.05, 0.1) is 23.5 Å². The van der Waals surface area contributed by atoms with Crippen molar-refractivity contribution in [3.8, 4) is 0 Å². The standard InChI is InChI=1S/C12H16Cl2N2O3S/c1-3-6-16(20(2,18)19)8-12(17)15-11-7-9(13)4-5-10(11)14/h4-5,7H,3,6,8H2,1-2H3,(H,15,17). The summed E-state index contributed by atoms with van der Waals surface area (Å²) in [4.78, 5) is 11.9. The quantitative estimate of drug-likeness (QED) is 0.866. The van der Waals surface area contributed by atoms with Crippen molar-refractivity contribution in [1.82, 2.24) is 4.31 Å². The van der Waals surface area contributed by atoms with E-state index in [1.807, 2.05) is 6.92 Å². The van der Waals surface area contributed by atoms with Crippen molar-refractivity contribution < 1.29 is 13.2 Å². The van der Waals surface area contributed by atoms with E-state index >= 15 is 0 Å². The Bertz CT molecular complexity index is 590. The van der Waals surface area contributed by atoms with E-state index in [2.05, 4.69) is 5.32 Å². The van der Waals surface area contributed by atoms with Crippen LogP contribution in [0, 0.1) is 0 Å². The van der Waals surface area contributed by atoms with Gasteiger partial charge in [-0.05, 0) is 24.6 Å². The van der Waals surface area contributed by atoms with Crippen LogP contribution in [0.15, 0.2) is 18.2 Å². The fourth-order valence-electron chi connectivity index (χ4n) is 1.55. The molecule has 1 aromatic rings. The summed E-state index contributed by atoms with van der Waals surface area (Å²) in [6.07, 6.45) is 1.70. The Labute approximate surface area is 128 Å². The Balaban J connectivity index is 2.78. The number of carbonyl (C=O) groups excluding carboxylic acids is 1. The maximum atomic E-state index is 11.9. The molecule has 0 unspecified atom stereocenters. The molecular weight excluding hydrogens is 323 g/mol. The third-order valence-corrected chi connectivity index (χ3v) is 4.28. The molecule has 0 saturated heterocycles. The van der Waals surface area contributed by atoms with Gasteiger partial charge in [-0.25, -0.2) is 8.42 Å². The van der Waals surface area contributed by atoms with Crippen molar-refractivity contribution >= 4 is 44.8 Å². The van der Waals surface area contributed by atoms with Crippen molar-refractivity contribution in [2.45, 2.75) is 13.3 Å². The minimum atomic E-state index is -3.42. The van der Waals surface area contributed by atoms with Crippen LogP contribution in [0.3, 0.4) is 0 Å². The van der Waals surface area contributed by atoms with Crippen LogP contribution in [0.5, 0.6) is 0 Å². The molecular formula is C12H16Cl2N2O3S. The summed E-state index contributed by atoms with van der Waals surface area (Å²) in [6.45, 7) is 1.87. The minimum absolute atomic E-state index is 0.254. The summed E-state index contributed by atoms with van der Waals surface area (Å²) < 4.78 is 24.2. The van der Waals surface area contributed by atoms with Gasteiger partial charge < -0.3 is 5.32 Å². The lowest BCUT2D eigenvalue weighted by Gasteiger charge is -2.18. The molecule has 112 valence electrons. The normalized spacial score (nSPS) is 11.7. The molecule has 0 radical (unpaired) electrons. The second kappa shape index (κ2) is 7.26. The molecule has 0 spiro atoms. The largest absolute Gasteiger partial charge is 0.324 e. The number of hydrogen-bond donors (Lipinski definition) is 1. The smallest absolute Gasteiger partial charge is 0.239 e. The van der Waals surface area contributed by atoms with E-state index < -0.39 is 15.9 Å². The summed E-state index contributed by atoms with van der Waals surface area (Å²) in [5.41, 5.74) is 0.356. The number of carbonyl (C=O) groups is 1. The number of anilines is 1. The molecule has 1 rings (SSSR count). The fraction of sp³-hybridized carbons (Fsp3) is 0.417. The number of nitrogens with zero attached hydrogens (tertiary/aromatic N) is 1. The average molecular weight is 339 g/mol. The first-order valence-corrected chi connectivity index (χ1v) is 8.54. The van der Waals surface area contributed by atoms with E-state index in [1.54, 1.807) is 12.1 Å². The molecule has 1 N–H and O–H groups in total. The molecule has 0 aromatic heterocycles. The minimum Gasteiger partial charge on any atom is -0.324 e. The van der Waals surface area contributed by atoms with Gasteiger partial charge in [0, 0.05) is 11.6 Å². The van der Waals surface area contributed by atoms with Crippen LogP contribution in [0.25, 0.3) is 0 Å². The first-order chi connectivity index (χ1) is 9.24. The molecule has 5 nitrogen and oxygen atoms in total. The number of amides is 1. The van der Waals surface area contributed by atoms with Crippen LogP contribution in [0.4, 0.5) is 5.69 Å². The summed E-state index contributed by atoms with van der Waals surface area (Å²) in [6, 6.07) is 4.66. The van der Waals surface area contributed by atoms with Gasteiger partial charge in [0.15, 0.2) is 0 Å². The van der Waals surface area contributed by atoms with Gasteiger partial charge in [0.25, 0.3) is 0 Å². The van der Waals surface area contributed by atoms with Crippen molar-refractivity contribution in [3.05, 3.63) is 28.2 Å². The van der Waals surface area contributed by atoms with Crippen molar-refractivity contribution in [2.75, 3.05) is 24.7 Å². The van der Waals surface area contributed by atoms with E-state index in [0.717, 1.165) is 10.6 Å². The zero-order chi connectivity index (χ0) is 15.3. The van der Waals surface area contributed by atoms with Gasteiger partial charge in [-0.2, -0.15) is 4.31 Å². The molecule has 8 heteroatoms. The Hall–Kier alpha value is -0.820. The fourth-order valence-corrected chi connectivity index (χ4v) is 2.76. The van der Waals surface area contributed by atoms with E-state index in [9.17, 15) is 13.2 Å². The van der Waals surface area contributed by atoms with E-state index in [-0.39, 0.29) is 13.1 Å². The van der Waals surface area contributed by atoms with E-state index in [4.69, 9.17) is 23.2 Å². The van der Waals surface area contributed by atoms with Gasteiger partial charge in [-0.1, -0.05) is 30.1 Å². The summed E-state index contributed by atoms with van der Waals surface area (Å²) in [5, 5.41) is 3.32. The molecule has 20 heavy (non-hydrogen) atoms. The highest BCUT2D eigenvalue weighted by molar-refractivity contribution is 7.88. The predicted molar refractivity (Wildman–Crippen MR) is 81.8 cm³/mol. The third-order valence-electron chi connectivity index (χ3n) is 2.46. The molecule has 0 aliphatic rings. The lowest BCUT2D eigenvalue weighted by atomic mass is 10.3. The predicted octanol–water partition coefficient (Wildman–Crippen LogP) is 2.60. The van der Waals surface area contributed by atoms with Crippen LogP contribution >= 0.6 is 23.2 Å². The molecule has 0 bridgehead atoms. The molecule has 0 atom stereocenters. The number of hydrogen-bond acceptors (Lipinski definition) is 3. The van der Waals surface area contributed by atoms with Gasteiger partial charge in [0.1, 0.15) is 0 Å². The Morgan fingerprint density at radius 2 is 2.00 bits per heavy atom. The molecule has 1 amide bonds. The molecule has 0 heterocycles. The van der Waals surface area contributed by atoms with Crippen molar-refractivity contribution in [2.24, 2.45) is 0 Å². The van der Waals surface area contributed by atoms with Crippen LogP contribution in [0.2, 0.25) is 10.0 Å². The molecule has 0 fully saturated rings. The highest BCUT2D eigenvalue weighted by atomic mass is 35.5. The second-order valence-electron chi connectivity index (χ2n) is 4.27. The first kappa shape index (κ1) is 17.2. The topological polar surface area (TPSA) is 66.5 Å². The van der Waals surface area contributed by atoms with Crippen molar-refractivity contribution in [1.29, 1.82) is 0 Å². The van der Waals surface area contributed by atoms with Crippen LogP contribution in [-0.4, -0.2) is 38.0 Å². The lowest BCUT2D eigenvalue weighted by molar-refractivity contribution is -0.116. The average Bonchev–Trinajstić information content (AvgIpc) is 2.32. The number of rotatable bonds is 6. The number of nitrogens with one attached hydrogen (secondary N) is 1. The van der Waals surface area contributed by atoms with Gasteiger partial charge in [-0.15, -0.1) is 0 Å². The molecule has 1 aromatic carbocycles. The Kier molecular flexibility index (Phi) is 6.26. The third kappa shape index (κ3) is 5.28. The van der Waals surface area contributed by atoms with Crippen molar-refractivity contribution in [3.63, 3.8) is 0 Å². The molecule has 0 aliphatic heterocycles. The van der Waals surface area contributed by atoms with Crippen LogP contribution in [-0.2, 0) is 14.8 Å². The lowest BCUT2D eigenvalue weighted by Crippen LogP contribution is -2.37. The van der Waals surface area contributed by atoms with Gasteiger partial charge >= 0.3 is 0 Å². The first-order valence-electron chi connectivity index (χ1n) is 5.94. The van der Waals surface area contributed by atoms with Crippen LogP contribution < -0.4 is 5.32 Å². The highest BCUT2D eigenvalue weighted by Gasteiger charge is 2.19. The summed E-state index contributed by atoms with van der Waals surface area (Å²) >= 11 is 11.7. The SMILES string of the molecule is CCCN(CC(=O)Nc1cc(Cl)ccc1Cl)S(C)(=O)=O. The van der Waals surface area contributed by atoms with Gasteiger partial charge in [0.2, 0.25) is 15.9 Å².